The molecule has 0 aromatic heterocycles. The Hall–Kier alpha value is -0.560. The number of nitrogens with one attached hydrogen (secondary N) is 1. The van der Waals surface area contributed by atoms with Crippen molar-refractivity contribution in [1.29, 1.82) is 0 Å². The van der Waals surface area contributed by atoms with Crippen LogP contribution in [0.2, 0.25) is 0 Å². The van der Waals surface area contributed by atoms with Crippen LogP contribution in [-0.2, 0) is 9.47 Å². The van der Waals surface area contributed by atoms with Crippen molar-refractivity contribution < 1.29 is 14.4 Å². The van der Waals surface area contributed by atoms with Crippen LogP contribution in [0.25, 0.3) is 0 Å². The average molecular weight is 240 g/mol. The van der Waals surface area contributed by atoms with E-state index in [2.05, 4.69) is 39.5 Å². The fourth-order valence-corrected chi connectivity index (χ4v) is 1.89. The van der Waals surface area contributed by atoms with E-state index in [0.29, 0.717) is 0 Å². The zero-order valence-electron chi connectivity index (χ0n) is 11.6. The van der Waals surface area contributed by atoms with Gasteiger partial charge in [0.05, 0.1) is 24.9 Å². The summed E-state index contributed by atoms with van der Waals surface area (Å²) in [6, 6.07) is 0. The number of hydrogen-bond acceptors (Lipinski definition) is 2. The Labute approximate surface area is 105 Å². The van der Waals surface area contributed by atoms with Gasteiger partial charge in [0.2, 0.25) is 0 Å². The number of ether oxygens (including phenoxy) is 2. The Morgan fingerprint density at radius 3 is 2.47 bits per heavy atom. The summed E-state index contributed by atoms with van der Waals surface area (Å²) in [5, 5.41) is 0. The Balaban J connectivity index is 2.16. The smallest absolute Gasteiger partial charge is 0.139 e. The van der Waals surface area contributed by atoms with Gasteiger partial charge in [-0.1, -0.05) is 5.92 Å². The molecule has 0 bridgehead atoms. The summed E-state index contributed by atoms with van der Waals surface area (Å²) in [6.07, 6.45) is 1.03. The topological polar surface area (TPSA) is 22.9 Å². The number of rotatable bonds is 3. The second kappa shape index (κ2) is 7.00. The molecular formula is C14H26NO2+. The lowest BCUT2D eigenvalue weighted by Crippen LogP contribution is -3.14. The van der Waals surface area contributed by atoms with E-state index < -0.39 is 0 Å². The van der Waals surface area contributed by atoms with Gasteiger partial charge < -0.3 is 14.4 Å². The highest BCUT2D eigenvalue weighted by molar-refractivity contribution is 5.00. The molecule has 0 aromatic carbocycles. The second-order valence-corrected chi connectivity index (χ2v) is 5.64. The fourth-order valence-electron chi connectivity index (χ4n) is 1.89. The Bertz CT molecular complexity index is 266. The molecule has 0 aliphatic carbocycles. The molecule has 3 heteroatoms. The highest BCUT2D eigenvalue weighted by Gasteiger charge is 2.14. The van der Waals surface area contributed by atoms with E-state index >= 15 is 0 Å². The molecule has 0 amide bonds. The summed E-state index contributed by atoms with van der Waals surface area (Å²) in [6.45, 7) is 13.2. The van der Waals surface area contributed by atoms with Crippen LogP contribution in [-0.4, -0.2) is 44.6 Å². The molecule has 0 spiro atoms. The Morgan fingerprint density at radius 2 is 1.88 bits per heavy atom. The fraction of sp³-hybridized carbons (Fsp3) is 0.857. The first-order valence-corrected chi connectivity index (χ1v) is 6.52. The highest BCUT2D eigenvalue weighted by atomic mass is 16.5. The van der Waals surface area contributed by atoms with Gasteiger partial charge in [-0.15, -0.1) is 0 Å². The molecule has 98 valence electrons. The first-order chi connectivity index (χ1) is 7.97. The number of morpholine rings is 1. The van der Waals surface area contributed by atoms with E-state index in [1.807, 2.05) is 0 Å². The molecule has 1 heterocycles. The van der Waals surface area contributed by atoms with Gasteiger partial charge in [-0.25, -0.2) is 0 Å². The van der Waals surface area contributed by atoms with Gasteiger partial charge >= 0.3 is 0 Å². The van der Waals surface area contributed by atoms with Crippen LogP contribution in [0.5, 0.6) is 0 Å². The van der Waals surface area contributed by atoms with Crippen LogP contribution in [0.4, 0.5) is 0 Å². The van der Waals surface area contributed by atoms with E-state index in [4.69, 9.17) is 9.47 Å². The Morgan fingerprint density at radius 1 is 1.24 bits per heavy atom. The molecule has 1 atom stereocenters. The van der Waals surface area contributed by atoms with Crippen molar-refractivity contribution in [2.24, 2.45) is 0 Å². The predicted octanol–water partition coefficient (Wildman–Crippen LogP) is 0.499. The lowest BCUT2D eigenvalue weighted by molar-refractivity contribution is -0.900. The molecule has 1 N–H and O–H groups in total. The number of hydrogen-bond donors (Lipinski definition) is 1. The minimum Gasteiger partial charge on any atom is -0.372 e. The molecule has 0 unspecified atom stereocenters. The van der Waals surface area contributed by atoms with Gasteiger partial charge in [0, 0.05) is 6.42 Å². The zero-order chi connectivity index (χ0) is 12.7. The maximum atomic E-state index is 5.80. The molecule has 1 fully saturated rings. The van der Waals surface area contributed by atoms with Crippen molar-refractivity contribution in [1.82, 2.24) is 0 Å². The summed E-state index contributed by atoms with van der Waals surface area (Å²) < 4.78 is 11.1. The standard InChI is InChI=1S/C14H25NO2/c1-13(17-14(2,3)4)7-5-6-8-15-9-11-16-12-10-15/h13H,7-12H2,1-4H3/p+1/t13-/m1/s1. The normalized spacial score (nSPS) is 19.5. The molecule has 1 aliphatic heterocycles. The van der Waals surface area contributed by atoms with Crippen LogP contribution in [0, 0.1) is 11.8 Å². The summed E-state index contributed by atoms with van der Waals surface area (Å²) in [7, 11) is 0. The van der Waals surface area contributed by atoms with Crippen molar-refractivity contribution in [3.8, 4) is 11.8 Å². The van der Waals surface area contributed by atoms with Crippen LogP contribution < -0.4 is 4.90 Å². The first kappa shape index (κ1) is 14.5. The maximum Gasteiger partial charge on any atom is 0.139 e. The lowest BCUT2D eigenvalue weighted by atomic mass is 10.1. The molecule has 1 rings (SSSR count). The minimum absolute atomic E-state index is 0.0729. The summed E-state index contributed by atoms with van der Waals surface area (Å²) in [5.41, 5.74) is -0.0729. The Kier molecular flexibility index (Phi) is 5.97. The molecule has 1 aliphatic rings. The summed E-state index contributed by atoms with van der Waals surface area (Å²) >= 11 is 0. The highest BCUT2D eigenvalue weighted by Crippen LogP contribution is 2.11. The number of quaternary nitrogens is 1. The zero-order valence-corrected chi connectivity index (χ0v) is 11.6. The molecule has 1 saturated heterocycles. The summed E-state index contributed by atoms with van der Waals surface area (Å²) in [4.78, 5) is 1.54. The van der Waals surface area contributed by atoms with Crippen molar-refractivity contribution in [3.05, 3.63) is 0 Å². The van der Waals surface area contributed by atoms with Gasteiger partial charge in [-0.05, 0) is 33.6 Å². The van der Waals surface area contributed by atoms with E-state index in [1.54, 1.807) is 0 Å². The van der Waals surface area contributed by atoms with Gasteiger partial charge in [-0.2, -0.15) is 0 Å². The van der Waals surface area contributed by atoms with Crippen LogP contribution in [0.3, 0.4) is 0 Å². The molecule has 17 heavy (non-hydrogen) atoms. The quantitative estimate of drug-likeness (QED) is 0.726. The van der Waals surface area contributed by atoms with Crippen molar-refractivity contribution in [3.63, 3.8) is 0 Å². The van der Waals surface area contributed by atoms with Crippen molar-refractivity contribution in [2.45, 2.75) is 45.8 Å². The van der Waals surface area contributed by atoms with Gasteiger partial charge in [0.25, 0.3) is 0 Å². The third-order valence-corrected chi connectivity index (χ3v) is 2.61. The first-order valence-electron chi connectivity index (χ1n) is 6.52. The third kappa shape index (κ3) is 7.38. The van der Waals surface area contributed by atoms with Crippen molar-refractivity contribution >= 4 is 0 Å². The maximum absolute atomic E-state index is 5.80. The molecule has 3 nitrogen and oxygen atoms in total. The van der Waals surface area contributed by atoms with Gasteiger partial charge in [0.15, 0.2) is 0 Å². The van der Waals surface area contributed by atoms with E-state index in [-0.39, 0.29) is 11.7 Å². The predicted molar refractivity (Wildman–Crippen MR) is 69.1 cm³/mol. The molecular weight excluding hydrogens is 214 g/mol. The van der Waals surface area contributed by atoms with E-state index in [9.17, 15) is 0 Å². The monoisotopic (exact) mass is 240 g/mol. The summed E-state index contributed by atoms with van der Waals surface area (Å²) in [5.74, 6) is 6.47. The second-order valence-electron chi connectivity index (χ2n) is 5.64. The van der Waals surface area contributed by atoms with Gasteiger partial charge in [0.1, 0.15) is 19.6 Å². The molecule has 0 aromatic rings. The van der Waals surface area contributed by atoms with E-state index in [1.165, 1.54) is 4.90 Å². The van der Waals surface area contributed by atoms with Crippen LogP contribution in [0.15, 0.2) is 0 Å². The van der Waals surface area contributed by atoms with Crippen LogP contribution in [0.1, 0.15) is 34.1 Å². The molecule has 0 radical (unpaired) electrons. The van der Waals surface area contributed by atoms with Crippen molar-refractivity contribution in [2.75, 3.05) is 32.8 Å². The lowest BCUT2D eigenvalue weighted by Gasteiger charge is -2.23. The third-order valence-electron chi connectivity index (χ3n) is 2.61. The minimum atomic E-state index is -0.0729. The van der Waals surface area contributed by atoms with Gasteiger partial charge in [-0.3, -0.25) is 0 Å². The SMILES string of the molecule is C[C@H](CC#CC[NH+]1CCOCC1)OC(C)(C)C. The van der Waals surface area contributed by atoms with E-state index in [0.717, 1.165) is 39.3 Å². The molecule has 0 saturated carbocycles. The van der Waals surface area contributed by atoms with Crippen LogP contribution >= 0.6 is 0 Å². The largest absolute Gasteiger partial charge is 0.372 e. The average Bonchev–Trinajstić information content (AvgIpc) is 2.23.